The van der Waals surface area contributed by atoms with E-state index in [4.69, 9.17) is 44.9 Å². The van der Waals surface area contributed by atoms with Crippen molar-refractivity contribution in [2.24, 2.45) is 0 Å². The van der Waals surface area contributed by atoms with E-state index >= 15 is 0 Å². The van der Waals surface area contributed by atoms with Crippen LogP contribution in [-0.2, 0) is 45.3 Å². The Morgan fingerprint density at radius 1 is 0.185 bits per heavy atom. The highest BCUT2D eigenvalue weighted by atomic mass is 15.1. The van der Waals surface area contributed by atoms with Crippen LogP contribution >= 0.6 is 0 Å². The molecule has 0 saturated heterocycles. The molecular weight excluding hydrogens is 1650 g/mol. The summed E-state index contributed by atoms with van der Waals surface area (Å²) in [5.74, 6) is 6.08. The molecule has 15 aromatic carbocycles. The minimum absolute atomic E-state index is 0.674. The number of aromatic nitrogens is 12. The van der Waals surface area contributed by atoms with Gasteiger partial charge < -0.3 is 13.7 Å². The van der Waals surface area contributed by atoms with Gasteiger partial charge in [-0.05, 0) is 203 Å². The summed E-state index contributed by atoms with van der Waals surface area (Å²) in [5, 5.41) is 8.04. The number of rotatable bonds is 27. The lowest BCUT2D eigenvalue weighted by atomic mass is 9.93. The number of para-hydroxylation sites is 2. The average Bonchev–Trinajstić information content (AvgIpc) is 1.59. The number of hydrogen-bond acceptors (Lipinski definition) is 9. The van der Waals surface area contributed by atoms with Gasteiger partial charge in [0.05, 0.1) is 16.6 Å². The average molecular weight is 1760 g/mol. The largest absolute Gasteiger partial charge is 0.340 e. The summed E-state index contributed by atoms with van der Waals surface area (Å²) in [6.07, 6.45) is 14.0. The molecule has 0 aliphatic rings. The highest BCUT2D eigenvalue weighted by molar-refractivity contribution is 6.16. The van der Waals surface area contributed by atoms with E-state index in [1.165, 1.54) is 178 Å². The van der Waals surface area contributed by atoms with E-state index in [2.05, 4.69) is 264 Å². The summed E-state index contributed by atoms with van der Waals surface area (Å²) in [6.45, 7) is 22.9. The predicted octanol–water partition coefficient (Wildman–Crippen LogP) is 32.0. The molecule has 21 rings (SSSR count). The van der Waals surface area contributed by atoms with Crippen LogP contribution in [0.4, 0.5) is 0 Å². The van der Waals surface area contributed by atoms with Gasteiger partial charge in [-0.2, -0.15) is 0 Å². The maximum absolute atomic E-state index is 5.03. The zero-order valence-corrected chi connectivity index (χ0v) is 78.9. The van der Waals surface area contributed by atoms with E-state index in [1.54, 1.807) is 0 Å². The monoisotopic (exact) mass is 1760 g/mol. The number of fused-ring (bicyclic) bond motifs is 9. The second kappa shape index (κ2) is 40.8. The summed E-state index contributed by atoms with van der Waals surface area (Å²) >= 11 is 0. The Bertz CT molecular complexity index is 7600. The van der Waals surface area contributed by atoms with Crippen LogP contribution in [0, 0.1) is 13.8 Å². The fraction of sp³-hybridized carbons (Fsp3) is 0.195. The van der Waals surface area contributed by atoms with E-state index in [9.17, 15) is 0 Å². The molecule has 0 spiro atoms. The maximum Gasteiger partial charge on any atom is 0.164 e. The molecule has 6 heterocycles. The summed E-state index contributed by atoms with van der Waals surface area (Å²) < 4.78 is 7.45. The van der Waals surface area contributed by atoms with Crippen LogP contribution in [0.3, 0.4) is 0 Å². The second-order valence-electron chi connectivity index (χ2n) is 35.4. The Balaban J connectivity index is 0.000000130. The molecule has 6 aromatic heterocycles. The van der Waals surface area contributed by atoms with Crippen molar-refractivity contribution in [3.05, 3.63) is 379 Å². The SMILES string of the molecule is CCCCc1ccc2c(c1)c1cc(CCCC)cc(-c3ccc(-c4nc(-c5ccccc5)nc(-c5ccccc5)n4)cc3)c1n2CC.CCCCc1ccc2c(c1)c1cc(CCCC)cc(-c3cccc(-c4nc(-c5ccccc5)nc(-c5ccccc5)n4)c3)c1n2CC.CCn1c2ccccc2c2cccc(-c3cc(C)c(-c4nc(-c5ccccc5)nc(-c5ccccc5)n4)cc3C)c21. The Morgan fingerprint density at radius 3 is 0.874 bits per heavy atom. The van der Waals surface area contributed by atoms with Gasteiger partial charge in [0, 0.05) is 135 Å². The third kappa shape index (κ3) is 18.8. The summed E-state index contributed by atoms with van der Waals surface area (Å²) in [4.78, 5) is 44.6. The molecule has 0 amide bonds. The van der Waals surface area contributed by atoms with Crippen molar-refractivity contribution < 1.29 is 0 Å². The van der Waals surface area contributed by atoms with Gasteiger partial charge >= 0.3 is 0 Å². The lowest BCUT2D eigenvalue weighted by Crippen LogP contribution is -2.02. The van der Waals surface area contributed by atoms with E-state index < -0.39 is 0 Å². The first-order chi connectivity index (χ1) is 66.4. The molecule has 0 fully saturated rings. The fourth-order valence-electron chi connectivity index (χ4n) is 19.3. The summed E-state index contributed by atoms with van der Waals surface area (Å²) in [7, 11) is 0. The van der Waals surface area contributed by atoms with Gasteiger partial charge in [0.15, 0.2) is 52.4 Å². The van der Waals surface area contributed by atoms with Crippen LogP contribution in [0.1, 0.15) is 133 Å². The van der Waals surface area contributed by atoms with Gasteiger partial charge in [0.25, 0.3) is 0 Å². The fourth-order valence-corrected chi connectivity index (χ4v) is 19.3. The van der Waals surface area contributed by atoms with Gasteiger partial charge in [-0.1, -0.05) is 332 Å². The molecule has 0 radical (unpaired) electrons. The second-order valence-corrected chi connectivity index (χ2v) is 35.4. The highest BCUT2D eigenvalue weighted by Crippen LogP contribution is 2.45. The first-order valence-electron chi connectivity index (χ1n) is 48.5. The van der Waals surface area contributed by atoms with Gasteiger partial charge in [-0.25, -0.2) is 44.9 Å². The molecular formula is C123H114N12. The normalized spacial score (nSPS) is 11.4. The first kappa shape index (κ1) is 89.0. The number of benzene rings is 15. The van der Waals surface area contributed by atoms with Gasteiger partial charge in [0.1, 0.15) is 0 Å². The van der Waals surface area contributed by atoms with E-state index in [0.29, 0.717) is 52.4 Å². The highest BCUT2D eigenvalue weighted by Gasteiger charge is 2.25. The van der Waals surface area contributed by atoms with Gasteiger partial charge in [-0.15, -0.1) is 0 Å². The molecule has 21 aromatic rings. The maximum atomic E-state index is 5.03. The van der Waals surface area contributed by atoms with Gasteiger partial charge in [-0.3, -0.25) is 0 Å². The van der Waals surface area contributed by atoms with Crippen LogP contribution < -0.4 is 0 Å². The van der Waals surface area contributed by atoms with Crippen molar-refractivity contribution in [3.8, 4) is 136 Å². The minimum Gasteiger partial charge on any atom is -0.340 e. The molecule has 135 heavy (non-hydrogen) atoms. The van der Waals surface area contributed by atoms with Crippen molar-refractivity contribution in [2.45, 2.75) is 159 Å². The van der Waals surface area contributed by atoms with E-state index in [0.717, 1.165) is 101 Å². The Hall–Kier alpha value is -15.3. The van der Waals surface area contributed by atoms with Crippen LogP contribution in [0.2, 0.25) is 0 Å². The molecule has 0 N–H and O–H groups in total. The van der Waals surface area contributed by atoms with E-state index in [-0.39, 0.29) is 0 Å². The lowest BCUT2D eigenvalue weighted by molar-refractivity contribution is 0.794. The standard InChI is InChI=1S/2C43H42N4.C37H30N4/c1-4-7-16-30-24-25-39-37(26-30)38-28-31(17-8-5-2)27-36(40(38)47(39)6-3)34-22-15-23-35(29-34)43-45-41(32-18-11-9-12-19-32)44-42(46-43)33-20-13-10-14-21-33;1-4-7-15-30-21-26-39-37(27-30)38-29-31(16-8-5-2)28-36(40(38)47(39)6-3)32-22-24-35(25-23-32)43-45-41(33-17-11-9-12-18-33)44-42(46-43)34-19-13-10-14-20-34;1-4-41-33-21-12-11-18-28(33)29-19-13-20-30(34(29)41)31-22-25(3)32(23-24(31)2)37-39-35(26-14-7-5-8-15-26)38-36(40-37)27-16-9-6-10-17-27/h9-15,18-29H,4-8,16-17H2,1-3H3;9-14,17-29H,4-8,15-16H2,1-3H3;5-23H,4H2,1-3H3. The smallest absolute Gasteiger partial charge is 0.164 e. The van der Waals surface area contributed by atoms with Crippen LogP contribution in [0.25, 0.3) is 201 Å². The molecule has 12 heteroatoms. The lowest BCUT2D eigenvalue weighted by Gasteiger charge is -2.15. The van der Waals surface area contributed by atoms with Crippen LogP contribution in [0.5, 0.6) is 0 Å². The molecule has 0 aliphatic heterocycles. The summed E-state index contributed by atoms with van der Waals surface area (Å²) in [5.41, 5.74) is 32.0. The molecule has 0 unspecified atom stereocenters. The van der Waals surface area contributed by atoms with Crippen molar-refractivity contribution in [1.82, 2.24) is 58.6 Å². The Kier molecular flexibility index (Phi) is 26.9. The number of hydrogen-bond donors (Lipinski definition) is 0. The zero-order valence-electron chi connectivity index (χ0n) is 78.9. The molecule has 0 bridgehead atoms. The van der Waals surface area contributed by atoms with Gasteiger partial charge in [0.2, 0.25) is 0 Å². The number of aryl methyl sites for hydroxylation is 9. The van der Waals surface area contributed by atoms with Crippen LogP contribution in [-0.4, -0.2) is 58.6 Å². The summed E-state index contributed by atoms with van der Waals surface area (Å²) in [6, 6.07) is 122. The Labute approximate surface area is 792 Å². The third-order valence-corrected chi connectivity index (χ3v) is 26.3. The zero-order chi connectivity index (χ0) is 92.3. The topological polar surface area (TPSA) is 131 Å². The third-order valence-electron chi connectivity index (χ3n) is 26.3. The molecule has 0 aliphatic carbocycles. The van der Waals surface area contributed by atoms with Crippen molar-refractivity contribution in [3.63, 3.8) is 0 Å². The molecule has 0 saturated carbocycles. The molecule has 12 nitrogen and oxygen atoms in total. The van der Waals surface area contributed by atoms with E-state index in [1.807, 2.05) is 158 Å². The van der Waals surface area contributed by atoms with Crippen molar-refractivity contribution in [1.29, 1.82) is 0 Å². The van der Waals surface area contributed by atoms with Crippen molar-refractivity contribution in [2.75, 3.05) is 0 Å². The predicted molar refractivity (Wildman–Crippen MR) is 565 cm³/mol. The number of nitrogens with zero attached hydrogens (tertiary/aromatic N) is 12. The molecule has 0 atom stereocenters. The quantitative estimate of drug-likeness (QED) is 0.0494. The minimum atomic E-state index is 0.674. The van der Waals surface area contributed by atoms with Crippen molar-refractivity contribution >= 4 is 65.4 Å². The number of unbranched alkanes of at least 4 members (excludes halogenated alkanes) is 4. The first-order valence-corrected chi connectivity index (χ1v) is 48.5. The molecule has 666 valence electrons. The van der Waals surface area contributed by atoms with Crippen LogP contribution in [0.15, 0.2) is 346 Å². The Morgan fingerprint density at radius 2 is 0.474 bits per heavy atom.